The van der Waals surface area contributed by atoms with Gasteiger partial charge in [0.05, 0.1) is 6.21 Å². The van der Waals surface area contributed by atoms with Gasteiger partial charge in [-0.05, 0) is 62.5 Å². The number of aromatic nitrogens is 2. The average Bonchev–Trinajstić information content (AvgIpc) is 3.11. The van der Waals surface area contributed by atoms with E-state index in [1.54, 1.807) is 13.3 Å². The van der Waals surface area contributed by atoms with E-state index in [9.17, 15) is 0 Å². The topological polar surface area (TPSA) is 42.6 Å². The van der Waals surface area contributed by atoms with Crippen molar-refractivity contribution in [3.63, 3.8) is 0 Å². The molecule has 3 heterocycles. The highest BCUT2D eigenvalue weighted by atomic mass is 16.6. The molecule has 1 aliphatic heterocycles. The van der Waals surface area contributed by atoms with Crippen LogP contribution in [-0.4, -0.2) is 46.9 Å². The van der Waals surface area contributed by atoms with E-state index in [2.05, 4.69) is 45.7 Å². The lowest BCUT2D eigenvalue weighted by Crippen LogP contribution is -2.43. The fourth-order valence-corrected chi connectivity index (χ4v) is 5.26. The van der Waals surface area contributed by atoms with Gasteiger partial charge in [0.15, 0.2) is 0 Å². The molecule has 0 aromatic carbocycles. The van der Waals surface area contributed by atoms with Crippen LogP contribution in [0.2, 0.25) is 0 Å². The maximum absolute atomic E-state index is 4.89. The molecule has 28 heavy (non-hydrogen) atoms. The van der Waals surface area contributed by atoms with Gasteiger partial charge in [-0.15, -0.1) is 0 Å². The number of likely N-dealkylation sites (tertiary alicyclic amines) is 1. The standard InChI is InChI=1S/C23H34N4O/c1-17(2)18-6-8-20(9-7-18)26-13-10-21(11-14-26)27-16-19(15-25-28-3)22-5-4-12-24-23(22)27/h4-5,12,15-18,20-21H,6-11,13-14H2,1-3H3/t18-,20+. The van der Waals surface area contributed by atoms with Gasteiger partial charge < -0.3 is 14.3 Å². The summed E-state index contributed by atoms with van der Waals surface area (Å²) >= 11 is 0. The lowest BCUT2D eigenvalue weighted by atomic mass is 9.79. The Balaban J connectivity index is 1.42. The van der Waals surface area contributed by atoms with Crippen LogP contribution in [0, 0.1) is 11.8 Å². The molecule has 2 aromatic heterocycles. The summed E-state index contributed by atoms with van der Waals surface area (Å²) in [5.74, 6) is 1.79. The Morgan fingerprint density at radius 1 is 1.11 bits per heavy atom. The molecule has 4 rings (SSSR count). The second-order valence-corrected chi connectivity index (χ2v) is 8.86. The molecule has 2 fully saturated rings. The van der Waals surface area contributed by atoms with Crippen LogP contribution in [0.5, 0.6) is 0 Å². The lowest BCUT2D eigenvalue weighted by Gasteiger charge is -2.41. The Bertz CT molecular complexity index is 796. The maximum Gasteiger partial charge on any atom is 0.140 e. The zero-order valence-corrected chi connectivity index (χ0v) is 17.6. The molecule has 0 bridgehead atoms. The quantitative estimate of drug-likeness (QED) is 0.547. The van der Waals surface area contributed by atoms with Gasteiger partial charge in [0, 0.05) is 48.5 Å². The highest BCUT2D eigenvalue weighted by Crippen LogP contribution is 2.35. The third kappa shape index (κ3) is 3.95. The van der Waals surface area contributed by atoms with E-state index in [4.69, 9.17) is 4.84 Å². The number of oxime groups is 1. The average molecular weight is 383 g/mol. The Kier molecular flexibility index (Phi) is 6.00. The number of nitrogens with zero attached hydrogens (tertiary/aromatic N) is 4. The zero-order chi connectivity index (χ0) is 19.5. The second kappa shape index (κ2) is 8.64. The predicted octanol–water partition coefficient (Wildman–Crippen LogP) is 4.87. The van der Waals surface area contributed by atoms with Crippen LogP contribution >= 0.6 is 0 Å². The first-order valence-electron chi connectivity index (χ1n) is 10.9. The minimum atomic E-state index is 0.519. The van der Waals surface area contributed by atoms with E-state index in [0.29, 0.717) is 6.04 Å². The molecule has 152 valence electrons. The van der Waals surface area contributed by atoms with Crippen LogP contribution in [0.15, 0.2) is 29.7 Å². The molecular weight excluding hydrogens is 348 g/mol. The molecule has 1 aliphatic carbocycles. The van der Waals surface area contributed by atoms with Crippen LogP contribution in [0.25, 0.3) is 11.0 Å². The van der Waals surface area contributed by atoms with E-state index in [1.165, 1.54) is 51.6 Å². The predicted molar refractivity (Wildman–Crippen MR) is 115 cm³/mol. The Hall–Kier alpha value is -1.88. The van der Waals surface area contributed by atoms with Crippen molar-refractivity contribution in [1.29, 1.82) is 0 Å². The zero-order valence-electron chi connectivity index (χ0n) is 17.6. The van der Waals surface area contributed by atoms with Crippen LogP contribution in [-0.2, 0) is 4.84 Å². The van der Waals surface area contributed by atoms with Crippen LogP contribution in [0.4, 0.5) is 0 Å². The van der Waals surface area contributed by atoms with E-state index in [-0.39, 0.29) is 0 Å². The molecular formula is C23H34N4O. The number of pyridine rings is 1. The van der Waals surface area contributed by atoms with E-state index < -0.39 is 0 Å². The molecule has 0 amide bonds. The van der Waals surface area contributed by atoms with Crippen molar-refractivity contribution in [2.75, 3.05) is 20.2 Å². The van der Waals surface area contributed by atoms with Crippen molar-refractivity contribution in [2.45, 2.75) is 64.5 Å². The summed E-state index contributed by atoms with van der Waals surface area (Å²) in [4.78, 5) is 12.3. The van der Waals surface area contributed by atoms with E-state index >= 15 is 0 Å². The van der Waals surface area contributed by atoms with E-state index in [1.807, 2.05) is 12.3 Å². The molecule has 2 aromatic rings. The molecule has 1 saturated carbocycles. The van der Waals surface area contributed by atoms with Gasteiger partial charge in [-0.2, -0.15) is 0 Å². The van der Waals surface area contributed by atoms with Crippen molar-refractivity contribution in [3.8, 4) is 0 Å². The van der Waals surface area contributed by atoms with Crippen LogP contribution in [0.1, 0.15) is 64.0 Å². The van der Waals surface area contributed by atoms with Crippen molar-refractivity contribution < 1.29 is 4.84 Å². The van der Waals surface area contributed by atoms with E-state index in [0.717, 1.165) is 34.5 Å². The first-order chi connectivity index (χ1) is 13.7. The van der Waals surface area contributed by atoms with Gasteiger partial charge in [-0.25, -0.2) is 4.98 Å². The SMILES string of the molecule is CON=Cc1cn(C2CCN([C@H]3CC[C@@H](C(C)C)CC3)CC2)c2ncccc12. The summed E-state index contributed by atoms with van der Waals surface area (Å²) in [6.07, 6.45) is 13.9. The number of piperidine rings is 1. The summed E-state index contributed by atoms with van der Waals surface area (Å²) in [5, 5.41) is 5.12. The summed E-state index contributed by atoms with van der Waals surface area (Å²) in [7, 11) is 1.58. The number of rotatable bonds is 5. The first kappa shape index (κ1) is 19.4. The van der Waals surface area contributed by atoms with Gasteiger partial charge in [-0.1, -0.05) is 19.0 Å². The number of hydrogen-bond donors (Lipinski definition) is 0. The van der Waals surface area contributed by atoms with Gasteiger partial charge in [-0.3, -0.25) is 0 Å². The largest absolute Gasteiger partial charge is 0.399 e. The third-order valence-corrected chi connectivity index (χ3v) is 7.01. The van der Waals surface area contributed by atoms with Crippen LogP contribution in [0.3, 0.4) is 0 Å². The summed E-state index contributed by atoms with van der Waals surface area (Å²) in [6, 6.07) is 5.44. The molecule has 1 saturated heterocycles. The molecule has 5 nitrogen and oxygen atoms in total. The number of fused-ring (bicyclic) bond motifs is 1. The summed E-state index contributed by atoms with van der Waals surface area (Å²) in [5.41, 5.74) is 2.15. The Morgan fingerprint density at radius 2 is 1.86 bits per heavy atom. The normalized spacial score (nSPS) is 25.1. The highest BCUT2D eigenvalue weighted by molar-refractivity contribution is 5.97. The molecule has 0 radical (unpaired) electrons. The maximum atomic E-state index is 4.89. The van der Waals surface area contributed by atoms with Gasteiger partial charge in [0.1, 0.15) is 12.8 Å². The molecule has 0 spiro atoms. The molecule has 0 atom stereocenters. The minimum absolute atomic E-state index is 0.519. The number of hydrogen-bond acceptors (Lipinski definition) is 4. The molecule has 2 aliphatic rings. The fourth-order valence-electron chi connectivity index (χ4n) is 5.26. The Labute approximate surface area is 168 Å². The van der Waals surface area contributed by atoms with Gasteiger partial charge in [0.25, 0.3) is 0 Å². The van der Waals surface area contributed by atoms with Gasteiger partial charge >= 0.3 is 0 Å². The lowest BCUT2D eigenvalue weighted by molar-refractivity contribution is 0.0893. The Morgan fingerprint density at radius 3 is 2.54 bits per heavy atom. The fraction of sp³-hybridized carbons (Fsp3) is 0.652. The second-order valence-electron chi connectivity index (χ2n) is 8.86. The molecule has 5 heteroatoms. The monoisotopic (exact) mass is 382 g/mol. The van der Waals surface area contributed by atoms with Gasteiger partial charge in [0.2, 0.25) is 0 Å². The molecule has 0 unspecified atom stereocenters. The summed E-state index contributed by atoms with van der Waals surface area (Å²) < 4.78 is 2.37. The van der Waals surface area contributed by atoms with Crippen LogP contribution < -0.4 is 0 Å². The minimum Gasteiger partial charge on any atom is -0.399 e. The third-order valence-electron chi connectivity index (χ3n) is 7.01. The first-order valence-corrected chi connectivity index (χ1v) is 10.9. The summed E-state index contributed by atoms with van der Waals surface area (Å²) in [6.45, 7) is 7.18. The van der Waals surface area contributed by atoms with Crippen molar-refractivity contribution in [1.82, 2.24) is 14.5 Å². The molecule has 0 N–H and O–H groups in total. The van der Waals surface area contributed by atoms with Crippen molar-refractivity contribution in [3.05, 3.63) is 30.1 Å². The highest BCUT2D eigenvalue weighted by Gasteiger charge is 2.30. The smallest absolute Gasteiger partial charge is 0.140 e. The van der Waals surface area contributed by atoms with Crippen molar-refractivity contribution in [2.24, 2.45) is 17.0 Å². The van der Waals surface area contributed by atoms with Crippen molar-refractivity contribution >= 4 is 17.2 Å².